The maximum atomic E-state index is 5.24. The molecule has 2 heterocycles. The Kier molecular flexibility index (Phi) is 3.84. The third kappa shape index (κ3) is 3.03. The third-order valence-electron chi connectivity index (χ3n) is 3.25. The van der Waals surface area contributed by atoms with Crippen molar-refractivity contribution in [2.24, 2.45) is 0 Å². The molecule has 3 rings (SSSR count). The van der Waals surface area contributed by atoms with Crippen LogP contribution in [0.25, 0.3) is 5.69 Å². The number of benzene rings is 1. The quantitative estimate of drug-likeness (QED) is 0.681. The molecule has 0 N–H and O–H groups in total. The van der Waals surface area contributed by atoms with Crippen LogP contribution in [-0.2, 0) is 5.75 Å². The molecular weight excluding hydrogens is 282 g/mol. The molecule has 0 aliphatic heterocycles. The Labute approximate surface area is 128 Å². The molecule has 1 aromatic carbocycles. The van der Waals surface area contributed by atoms with E-state index in [1.807, 2.05) is 25.4 Å². The fourth-order valence-electron chi connectivity index (χ4n) is 2.18. The van der Waals surface area contributed by atoms with Gasteiger partial charge in [0.05, 0.1) is 17.1 Å². The molecule has 4 nitrogen and oxygen atoms in total. The summed E-state index contributed by atoms with van der Waals surface area (Å²) < 4.78 is 7.36. The van der Waals surface area contributed by atoms with E-state index in [2.05, 4.69) is 46.8 Å². The summed E-state index contributed by atoms with van der Waals surface area (Å²) in [5.74, 6) is 1.59. The van der Waals surface area contributed by atoms with Crippen LogP contribution in [0.15, 0.2) is 46.3 Å². The maximum Gasteiger partial charge on any atom is 0.173 e. The highest BCUT2D eigenvalue weighted by Crippen LogP contribution is 2.26. The van der Waals surface area contributed by atoms with Crippen LogP contribution in [0.1, 0.15) is 22.6 Å². The molecule has 2 aromatic heterocycles. The largest absolute Gasteiger partial charge is 0.360 e. The van der Waals surface area contributed by atoms with E-state index in [1.54, 1.807) is 11.8 Å². The second-order valence-corrected chi connectivity index (χ2v) is 6.04. The van der Waals surface area contributed by atoms with Crippen molar-refractivity contribution >= 4 is 11.8 Å². The topological polar surface area (TPSA) is 43.9 Å². The molecular formula is C16H17N3OS. The van der Waals surface area contributed by atoms with Crippen LogP contribution >= 0.6 is 11.8 Å². The van der Waals surface area contributed by atoms with E-state index in [-0.39, 0.29) is 0 Å². The molecule has 0 spiro atoms. The molecule has 0 saturated carbocycles. The summed E-state index contributed by atoms with van der Waals surface area (Å²) >= 11 is 1.65. The highest BCUT2D eigenvalue weighted by Gasteiger charge is 2.10. The molecule has 0 radical (unpaired) electrons. The summed E-state index contributed by atoms with van der Waals surface area (Å²) in [6, 6.07) is 8.40. The van der Waals surface area contributed by atoms with Crippen molar-refractivity contribution < 1.29 is 4.52 Å². The van der Waals surface area contributed by atoms with E-state index >= 15 is 0 Å². The van der Waals surface area contributed by atoms with Crippen LogP contribution in [0.3, 0.4) is 0 Å². The van der Waals surface area contributed by atoms with E-state index in [1.165, 1.54) is 16.8 Å². The van der Waals surface area contributed by atoms with E-state index < -0.39 is 0 Å². The molecule has 0 aliphatic rings. The fraction of sp³-hybridized carbons (Fsp3) is 0.250. The Hall–Kier alpha value is -2.01. The van der Waals surface area contributed by atoms with Crippen molar-refractivity contribution in [3.05, 3.63) is 59.2 Å². The van der Waals surface area contributed by atoms with Gasteiger partial charge in [-0.1, -0.05) is 29.1 Å². The van der Waals surface area contributed by atoms with Crippen LogP contribution < -0.4 is 0 Å². The van der Waals surface area contributed by atoms with Crippen LogP contribution in [0, 0.1) is 20.8 Å². The SMILES string of the molecule is Cc1ccc(C)c(-n2ccnc2SCc2cc(C)no2)c1. The van der Waals surface area contributed by atoms with Gasteiger partial charge in [-0.05, 0) is 38.0 Å². The number of thioether (sulfide) groups is 1. The van der Waals surface area contributed by atoms with E-state index in [4.69, 9.17) is 4.52 Å². The Morgan fingerprint density at radius 2 is 2.05 bits per heavy atom. The summed E-state index contributed by atoms with van der Waals surface area (Å²) in [4.78, 5) is 4.45. The standard InChI is InChI=1S/C16H17N3OS/c1-11-4-5-12(2)15(8-11)19-7-6-17-16(19)21-10-14-9-13(3)18-20-14/h4-9H,10H2,1-3H3. The number of aromatic nitrogens is 3. The monoisotopic (exact) mass is 299 g/mol. The minimum Gasteiger partial charge on any atom is -0.360 e. The highest BCUT2D eigenvalue weighted by molar-refractivity contribution is 7.98. The number of aryl methyl sites for hydroxylation is 3. The first-order valence-corrected chi connectivity index (χ1v) is 7.78. The van der Waals surface area contributed by atoms with Crippen LogP contribution in [-0.4, -0.2) is 14.7 Å². The van der Waals surface area contributed by atoms with Crippen LogP contribution in [0.4, 0.5) is 0 Å². The number of hydrogen-bond acceptors (Lipinski definition) is 4. The van der Waals surface area contributed by atoms with Gasteiger partial charge in [0.1, 0.15) is 5.76 Å². The summed E-state index contributed by atoms with van der Waals surface area (Å²) in [5, 5.41) is 4.86. The second-order valence-electron chi connectivity index (χ2n) is 5.09. The highest BCUT2D eigenvalue weighted by atomic mass is 32.2. The first-order valence-electron chi connectivity index (χ1n) is 6.79. The van der Waals surface area contributed by atoms with Gasteiger partial charge in [-0.15, -0.1) is 0 Å². The smallest absolute Gasteiger partial charge is 0.173 e. The van der Waals surface area contributed by atoms with Crippen molar-refractivity contribution in [2.45, 2.75) is 31.7 Å². The van der Waals surface area contributed by atoms with Crippen molar-refractivity contribution in [1.29, 1.82) is 0 Å². The van der Waals surface area contributed by atoms with Gasteiger partial charge in [-0.2, -0.15) is 0 Å². The van der Waals surface area contributed by atoms with Crippen LogP contribution in [0.5, 0.6) is 0 Å². The zero-order valence-electron chi connectivity index (χ0n) is 12.3. The Morgan fingerprint density at radius 1 is 1.19 bits per heavy atom. The lowest BCUT2D eigenvalue weighted by Crippen LogP contribution is -1.98. The van der Waals surface area contributed by atoms with Gasteiger partial charge in [-0.3, -0.25) is 4.57 Å². The molecule has 0 amide bonds. The molecule has 0 unspecified atom stereocenters. The molecule has 5 heteroatoms. The van der Waals surface area contributed by atoms with Crippen LogP contribution in [0.2, 0.25) is 0 Å². The molecule has 0 saturated heterocycles. The van der Waals surface area contributed by atoms with E-state index in [9.17, 15) is 0 Å². The van der Waals surface area contributed by atoms with Gasteiger partial charge in [0.25, 0.3) is 0 Å². The molecule has 0 atom stereocenters. The van der Waals surface area contributed by atoms with Crippen molar-refractivity contribution in [3.63, 3.8) is 0 Å². The minimum atomic E-state index is 0.725. The van der Waals surface area contributed by atoms with Crippen molar-refractivity contribution in [3.8, 4) is 5.69 Å². The Morgan fingerprint density at radius 3 is 2.81 bits per heavy atom. The average Bonchev–Trinajstić information content (AvgIpc) is 3.08. The van der Waals surface area contributed by atoms with Gasteiger partial charge < -0.3 is 4.52 Å². The summed E-state index contributed by atoms with van der Waals surface area (Å²) in [6.45, 7) is 6.14. The zero-order chi connectivity index (χ0) is 14.8. The van der Waals surface area contributed by atoms with Gasteiger partial charge in [0.15, 0.2) is 5.16 Å². The second kappa shape index (κ2) is 5.77. The molecule has 0 fully saturated rings. The summed E-state index contributed by atoms with van der Waals surface area (Å²) in [6.07, 6.45) is 3.82. The number of imidazole rings is 1. The molecule has 3 aromatic rings. The fourth-order valence-corrected chi connectivity index (χ4v) is 3.02. The summed E-state index contributed by atoms with van der Waals surface area (Å²) in [7, 11) is 0. The number of nitrogens with zero attached hydrogens (tertiary/aromatic N) is 3. The minimum absolute atomic E-state index is 0.725. The van der Waals surface area contributed by atoms with E-state index in [0.29, 0.717) is 0 Å². The Bertz CT molecular complexity index is 760. The predicted octanol–water partition coefficient (Wildman–Crippen LogP) is 4.08. The third-order valence-corrected chi connectivity index (χ3v) is 4.24. The average molecular weight is 299 g/mol. The van der Waals surface area contributed by atoms with Crippen molar-refractivity contribution in [2.75, 3.05) is 0 Å². The molecule has 21 heavy (non-hydrogen) atoms. The maximum absolute atomic E-state index is 5.24. The first-order chi connectivity index (χ1) is 10.1. The number of rotatable bonds is 4. The molecule has 0 aliphatic carbocycles. The summed E-state index contributed by atoms with van der Waals surface area (Å²) in [5.41, 5.74) is 4.55. The Balaban J connectivity index is 1.85. The normalized spacial score (nSPS) is 11.0. The number of hydrogen-bond donors (Lipinski definition) is 0. The zero-order valence-corrected chi connectivity index (χ0v) is 13.1. The van der Waals surface area contributed by atoms with Gasteiger partial charge in [0, 0.05) is 18.5 Å². The lowest BCUT2D eigenvalue weighted by molar-refractivity contribution is 0.391. The van der Waals surface area contributed by atoms with E-state index in [0.717, 1.165) is 22.4 Å². The first kappa shape index (κ1) is 13.9. The lowest BCUT2D eigenvalue weighted by atomic mass is 10.1. The molecule has 0 bridgehead atoms. The lowest BCUT2D eigenvalue weighted by Gasteiger charge is -2.11. The van der Waals surface area contributed by atoms with Gasteiger partial charge in [-0.25, -0.2) is 4.98 Å². The van der Waals surface area contributed by atoms with Gasteiger partial charge in [0.2, 0.25) is 0 Å². The molecule has 108 valence electrons. The van der Waals surface area contributed by atoms with Gasteiger partial charge >= 0.3 is 0 Å². The van der Waals surface area contributed by atoms with Crippen molar-refractivity contribution in [1.82, 2.24) is 14.7 Å². The predicted molar refractivity (Wildman–Crippen MR) is 83.8 cm³/mol.